The first kappa shape index (κ1) is 21.1. The van der Waals surface area contributed by atoms with E-state index in [2.05, 4.69) is 34.7 Å². The van der Waals surface area contributed by atoms with E-state index in [1.807, 2.05) is 0 Å². The van der Waals surface area contributed by atoms with Gasteiger partial charge in [-0.2, -0.15) is 0 Å². The van der Waals surface area contributed by atoms with Crippen molar-refractivity contribution in [1.82, 2.24) is 14.9 Å². The molecule has 1 radical (unpaired) electrons. The summed E-state index contributed by atoms with van der Waals surface area (Å²) < 4.78 is 12.9. The van der Waals surface area contributed by atoms with Crippen molar-refractivity contribution in [3.05, 3.63) is 73.2 Å². The van der Waals surface area contributed by atoms with E-state index < -0.39 is 6.30 Å². The molecule has 7 heteroatoms. The van der Waals surface area contributed by atoms with Crippen molar-refractivity contribution in [3.8, 4) is 0 Å². The number of nitrogens with zero attached hydrogens (tertiary/aromatic N) is 4. The summed E-state index contributed by atoms with van der Waals surface area (Å²) in [6.07, 6.45) is 7.99. The van der Waals surface area contributed by atoms with E-state index >= 15 is 0 Å². The van der Waals surface area contributed by atoms with Gasteiger partial charge in [-0.3, -0.25) is 9.79 Å². The molecule has 145 valence electrons. The van der Waals surface area contributed by atoms with Gasteiger partial charge in [0, 0.05) is 23.9 Å². The molecule has 1 aromatic heterocycles. The number of aliphatic imine (C=N–C) groups is 1. The number of rotatable bonds is 8. The van der Waals surface area contributed by atoms with Gasteiger partial charge in [0.15, 0.2) is 12.1 Å². The Kier molecular flexibility index (Phi) is 7.26. The van der Waals surface area contributed by atoms with Gasteiger partial charge in [0.1, 0.15) is 0 Å². The lowest BCUT2D eigenvalue weighted by Gasteiger charge is -2.28. The average molecular weight is 380 g/mol. The van der Waals surface area contributed by atoms with Crippen LogP contribution in [0.4, 0.5) is 4.39 Å². The van der Waals surface area contributed by atoms with E-state index in [4.69, 9.17) is 5.41 Å². The van der Waals surface area contributed by atoms with Crippen LogP contribution >= 0.6 is 0 Å². The SMILES string of the molecule is C=C/C=C(\C=C)c1nc2c(c(C(=N)[CH]/C=N/C(C)F)n1)CCN(C(=O)C=C)C2. The Morgan fingerprint density at radius 1 is 1.32 bits per heavy atom. The molecule has 1 amide bonds. The van der Waals surface area contributed by atoms with Gasteiger partial charge in [-0.1, -0.05) is 38.0 Å². The number of halogens is 1. The van der Waals surface area contributed by atoms with Crippen LogP contribution in [0.5, 0.6) is 0 Å². The highest BCUT2D eigenvalue weighted by molar-refractivity contribution is 6.14. The highest BCUT2D eigenvalue weighted by Gasteiger charge is 2.26. The maximum Gasteiger partial charge on any atom is 0.246 e. The summed E-state index contributed by atoms with van der Waals surface area (Å²) in [5.74, 6) is 0.203. The average Bonchev–Trinajstić information content (AvgIpc) is 2.69. The second-order valence-corrected chi connectivity index (χ2v) is 6.05. The smallest absolute Gasteiger partial charge is 0.246 e. The van der Waals surface area contributed by atoms with Crippen LogP contribution in [0.2, 0.25) is 0 Å². The topological polar surface area (TPSA) is 82.3 Å². The zero-order chi connectivity index (χ0) is 20.7. The molecule has 1 aromatic rings. The van der Waals surface area contributed by atoms with E-state index in [0.29, 0.717) is 42.3 Å². The summed E-state index contributed by atoms with van der Waals surface area (Å²) in [7, 11) is 0. The lowest BCUT2D eigenvalue weighted by Crippen LogP contribution is -2.36. The van der Waals surface area contributed by atoms with E-state index in [-0.39, 0.29) is 11.6 Å². The van der Waals surface area contributed by atoms with E-state index in [1.54, 1.807) is 23.1 Å². The number of carbonyl (C=O) groups is 1. The van der Waals surface area contributed by atoms with E-state index in [9.17, 15) is 9.18 Å². The summed E-state index contributed by atoms with van der Waals surface area (Å²) >= 11 is 0. The minimum Gasteiger partial charge on any atom is -0.333 e. The Hall–Kier alpha value is -3.22. The van der Waals surface area contributed by atoms with Crippen molar-refractivity contribution in [1.29, 1.82) is 5.41 Å². The summed E-state index contributed by atoms with van der Waals surface area (Å²) in [4.78, 5) is 26.4. The molecular weight excluding hydrogens is 357 g/mol. The van der Waals surface area contributed by atoms with Gasteiger partial charge in [-0.15, -0.1) is 0 Å². The molecule has 1 atom stereocenters. The van der Waals surface area contributed by atoms with E-state index in [0.717, 1.165) is 5.56 Å². The fraction of sp³-hybridized carbons (Fsp3) is 0.238. The zero-order valence-electron chi connectivity index (χ0n) is 15.9. The van der Waals surface area contributed by atoms with Crippen molar-refractivity contribution in [2.75, 3.05) is 6.54 Å². The Morgan fingerprint density at radius 2 is 2.07 bits per heavy atom. The van der Waals surface area contributed by atoms with Gasteiger partial charge >= 0.3 is 0 Å². The van der Waals surface area contributed by atoms with Crippen LogP contribution in [-0.2, 0) is 17.8 Å². The largest absolute Gasteiger partial charge is 0.333 e. The van der Waals surface area contributed by atoms with Gasteiger partial charge in [0.25, 0.3) is 0 Å². The summed E-state index contributed by atoms with van der Waals surface area (Å²) in [6.45, 7) is 13.1. The van der Waals surface area contributed by atoms with Gasteiger partial charge in [-0.25, -0.2) is 14.4 Å². The Morgan fingerprint density at radius 3 is 2.68 bits per heavy atom. The molecule has 1 unspecified atom stereocenters. The van der Waals surface area contributed by atoms with Crippen molar-refractivity contribution < 1.29 is 9.18 Å². The first-order chi connectivity index (χ1) is 13.4. The molecule has 0 spiro atoms. The third kappa shape index (κ3) is 4.94. The fourth-order valence-corrected chi connectivity index (χ4v) is 2.78. The second-order valence-electron chi connectivity index (χ2n) is 6.05. The molecule has 0 fully saturated rings. The lowest BCUT2D eigenvalue weighted by atomic mass is 9.98. The van der Waals surface area contributed by atoms with Crippen molar-refractivity contribution in [3.63, 3.8) is 0 Å². The fourth-order valence-electron chi connectivity index (χ4n) is 2.78. The Bertz CT molecular complexity index is 870. The second kappa shape index (κ2) is 9.64. The molecule has 2 heterocycles. The van der Waals surface area contributed by atoms with E-state index in [1.165, 1.54) is 25.6 Å². The van der Waals surface area contributed by atoms with Crippen LogP contribution < -0.4 is 0 Å². The van der Waals surface area contributed by atoms with Crippen LogP contribution in [-0.4, -0.2) is 45.5 Å². The first-order valence-corrected chi connectivity index (χ1v) is 8.77. The number of hydrogen-bond donors (Lipinski definition) is 1. The van der Waals surface area contributed by atoms with Gasteiger partial charge in [0.05, 0.1) is 30.1 Å². The molecule has 1 N–H and O–H groups in total. The molecule has 0 bridgehead atoms. The maximum atomic E-state index is 12.9. The molecular formula is C21H23FN5O. The number of allylic oxidation sites excluding steroid dienone is 4. The maximum absolute atomic E-state index is 12.9. The molecule has 2 rings (SSSR count). The third-order valence-corrected chi connectivity index (χ3v) is 4.11. The molecule has 1 aliphatic heterocycles. The summed E-state index contributed by atoms with van der Waals surface area (Å²) in [6, 6.07) is 0. The minimum absolute atomic E-state index is 0.0924. The van der Waals surface area contributed by atoms with Gasteiger partial charge in [0.2, 0.25) is 5.91 Å². The highest BCUT2D eigenvalue weighted by Crippen LogP contribution is 2.24. The van der Waals surface area contributed by atoms with Crippen molar-refractivity contribution in [2.24, 2.45) is 4.99 Å². The number of aromatic nitrogens is 2. The lowest BCUT2D eigenvalue weighted by molar-refractivity contribution is -0.126. The third-order valence-electron chi connectivity index (χ3n) is 4.11. The molecule has 6 nitrogen and oxygen atoms in total. The van der Waals surface area contributed by atoms with Crippen LogP contribution in [0.1, 0.15) is 29.7 Å². The molecule has 1 aliphatic rings. The molecule has 0 saturated carbocycles. The van der Waals surface area contributed by atoms with Gasteiger partial charge in [-0.05, 0) is 19.4 Å². The minimum atomic E-state index is -1.35. The van der Waals surface area contributed by atoms with Crippen LogP contribution in [0.3, 0.4) is 0 Å². The normalized spacial score (nSPS) is 15.1. The number of fused-ring (bicyclic) bond motifs is 1. The number of carbonyl (C=O) groups excluding carboxylic acids is 1. The number of alkyl halides is 1. The Labute approximate surface area is 164 Å². The van der Waals surface area contributed by atoms with Crippen molar-refractivity contribution in [2.45, 2.75) is 26.2 Å². The molecule has 0 saturated heterocycles. The molecule has 28 heavy (non-hydrogen) atoms. The zero-order valence-corrected chi connectivity index (χ0v) is 15.9. The molecule has 0 aromatic carbocycles. The quantitative estimate of drug-likeness (QED) is 0.325. The van der Waals surface area contributed by atoms with Crippen LogP contribution in [0, 0.1) is 11.8 Å². The predicted molar refractivity (Wildman–Crippen MR) is 110 cm³/mol. The van der Waals surface area contributed by atoms with Crippen LogP contribution in [0.15, 0.2) is 49.0 Å². The molecule has 0 aliphatic carbocycles. The van der Waals surface area contributed by atoms with Crippen LogP contribution in [0.25, 0.3) is 5.57 Å². The van der Waals surface area contributed by atoms with Gasteiger partial charge < -0.3 is 10.3 Å². The standard InChI is InChI=1S/C21H23FN5O/c1-5-8-15(6-2)21-25-18-13-27(19(28)7-3)12-10-16(18)20(26-21)17(23)9-11-24-14(4)22/h5-9,11,14,23H,1-3,10,12-13H2,4H3/b15-8+,23-17?,24-11+. The number of hydrogen-bond acceptors (Lipinski definition) is 5. The van der Waals surface area contributed by atoms with Crippen molar-refractivity contribution >= 4 is 23.4 Å². The summed E-state index contributed by atoms with van der Waals surface area (Å²) in [5, 5.41) is 8.36. The summed E-state index contributed by atoms with van der Waals surface area (Å²) in [5.41, 5.74) is 2.62. The highest BCUT2D eigenvalue weighted by atomic mass is 19.1. The monoisotopic (exact) mass is 380 g/mol. The predicted octanol–water partition coefficient (Wildman–Crippen LogP) is 3.26. The number of nitrogens with one attached hydrogen (secondary N) is 1. The first-order valence-electron chi connectivity index (χ1n) is 8.77. The number of amides is 1. The Balaban J connectivity index is 2.51.